The van der Waals surface area contributed by atoms with Crippen LogP contribution in [0.4, 0.5) is 16.0 Å². The summed E-state index contributed by atoms with van der Waals surface area (Å²) in [5, 5.41) is 12.7. The lowest BCUT2D eigenvalue weighted by molar-refractivity contribution is 0.356. The van der Waals surface area contributed by atoms with Gasteiger partial charge in [0.15, 0.2) is 17.0 Å². The van der Waals surface area contributed by atoms with Crippen LogP contribution >= 0.6 is 0 Å². The molecule has 2 aromatic carbocycles. The summed E-state index contributed by atoms with van der Waals surface area (Å²) in [6.45, 7) is 9.00. The number of imidazole rings is 1. The van der Waals surface area contributed by atoms with Crippen molar-refractivity contribution in [1.29, 1.82) is 5.26 Å². The van der Waals surface area contributed by atoms with Crippen molar-refractivity contribution < 1.29 is 9.13 Å². The van der Waals surface area contributed by atoms with Gasteiger partial charge < -0.3 is 15.0 Å². The summed E-state index contributed by atoms with van der Waals surface area (Å²) in [5.74, 6) is 0.838. The molecule has 5 rings (SSSR count). The third-order valence-electron chi connectivity index (χ3n) is 5.97. The van der Waals surface area contributed by atoms with Gasteiger partial charge in [0.05, 0.1) is 19.4 Å². The van der Waals surface area contributed by atoms with Crippen LogP contribution in [0.1, 0.15) is 22.4 Å². The fourth-order valence-corrected chi connectivity index (χ4v) is 4.35. The van der Waals surface area contributed by atoms with Gasteiger partial charge >= 0.3 is 0 Å². The predicted octanol–water partition coefficient (Wildman–Crippen LogP) is 4.57. The van der Waals surface area contributed by atoms with Crippen molar-refractivity contribution in [2.75, 3.05) is 26.0 Å². The maximum absolute atomic E-state index is 14.6. The number of ether oxygens (including phenoxy) is 1. The minimum absolute atomic E-state index is 0.209. The fourth-order valence-electron chi connectivity index (χ4n) is 4.35. The van der Waals surface area contributed by atoms with E-state index < -0.39 is 0 Å². The molecule has 9 heteroatoms. The van der Waals surface area contributed by atoms with Crippen LogP contribution in [0, 0.1) is 23.7 Å². The average Bonchev–Trinajstić information content (AvgIpc) is 3.51. The Bertz CT molecular complexity index is 1530. The highest BCUT2D eigenvalue weighted by Gasteiger charge is 2.20. The van der Waals surface area contributed by atoms with Crippen LogP contribution in [0.3, 0.4) is 0 Å². The Balaban J connectivity index is 1.53. The number of halogens is 1. The van der Waals surface area contributed by atoms with Gasteiger partial charge in [0.25, 0.3) is 0 Å². The smallest absolute Gasteiger partial charge is 0.208 e. The second-order valence-corrected chi connectivity index (χ2v) is 8.57. The van der Waals surface area contributed by atoms with Gasteiger partial charge in [-0.05, 0) is 43.4 Å². The molecule has 0 bridgehead atoms. The van der Waals surface area contributed by atoms with Crippen LogP contribution in [0.25, 0.3) is 21.6 Å². The molecular weight excluding hydrogens is 445 g/mol. The van der Waals surface area contributed by atoms with E-state index in [0.29, 0.717) is 53.7 Å². The first kappa shape index (κ1) is 22.3. The fraction of sp³-hybridized carbons (Fsp3) is 0.231. The second-order valence-electron chi connectivity index (χ2n) is 8.57. The number of nitrogens with one attached hydrogen (secondary N) is 1. The van der Waals surface area contributed by atoms with Crippen molar-refractivity contribution in [2.45, 2.75) is 19.5 Å². The Kier molecular flexibility index (Phi) is 5.77. The maximum Gasteiger partial charge on any atom is 0.208 e. The lowest BCUT2D eigenvalue weighted by atomic mass is 10.0. The van der Waals surface area contributed by atoms with E-state index in [0.717, 1.165) is 16.7 Å². The summed E-state index contributed by atoms with van der Waals surface area (Å²) in [7, 11) is 3.91. The van der Waals surface area contributed by atoms with Crippen molar-refractivity contribution >= 4 is 17.3 Å². The summed E-state index contributed by atoms with van der Waals surface area (Å²) in [6.07, 6.45) is 3.91. The van der Waals surface area contributed by atoms with Crippen LogP contribution in [0.15, 0.2) is 42.7 Å². The molecule has 4 aromatic rings. The standard InChI is InChI=1S/C26H22FN7O/c1-29-23-10-16(4-5-17(23)14-33(2)3)20-12-30-26(34-15-18(11-28)32-25(20)34)31-13-21-19-8-9-35-24(19)7-6-22(21)27/h4-7,10,12,15H,8-9,13-14H2,2-3H3,(H,30,31). The largest absolute Gasteiger partial charge is 0.493 e. The van der Waals surface area contributed by atoms with Crippen molar-refractivity contribution in [2.24, 2.45) is 0 Å². The number of hydrogen-bond donors (Lipinski definition) is 1. The normalized spacial score (nSPS) is 12.3. The van der Waals surface area contributed by atoms with E-state index in [-0.39, 0.29) is 18.1 Å². The zero-order valence-electron chi connectivity index (χ0n) is 19.3. The molecule has 0 saturated heterocycles. The second kappa shape index (κ2) is 9.05. The molecule has 1 aliphatic heterocycles. The Morgan fingerprint density at radius 1 is 1.31 bits per heavy atom. The first-order chi connectivity index (χ1) is 17.0. The lowest BCUT2D eigenvalue weighted by Crippen LogP contribution is -2.10. The molecule has 0 saturated carbocycles. The van der Waals surface area contributed by atoms with Crippen molar-refractivity contribution in [1.82, 2.24) is 19.3 Å². The molecule has 3 heterocycles. The Labute approximate surface area is 202 Å². The highest BCUT2D eigenvalue weighted by atomic mass is 19.1. The Hall–Kier alpha value is -4.47. The van der Waals surface area contributed by atoms with Crippen LogP contribution in [-0.4, -0.2) is 40.0 Å². The van der Waals surface area contributed by atoms with Crippen LogP contribution < -0.4 is 10.1 Å². The first-order valence-corrected chi connectivity index (χ1v) is 11.1. The molecular formula is C26H22FN7O. The van der Waals surface area contributed by atoms with Gasteiger partial charge in [0.2, 0.25) is 5.95 Å². The highest BCUT2D eigenvalue weighted by molar-refractivity contribution is 5.81. The van der Waals surface area contributed by atoms with E-state index in [1.807, 2.05) is 37.2 Å². The minimum Gasteiger partial charge on any atom is -0.493 e. The Morgan fingerprint density at radius 2 is 2.17 bits per heavy atom. The number of anilines is 1. The molecule has 1 N–H and O–H groups in total. The third-order valence-corrected chi connectivity index (χ3v) is 5.97. The van der Waals surface area contributed by atoms with Gasteiger partial charge in [-0.3, -0.25) is 4.40 Å². The van der Waals surface area contributed by atoms with Gasteiger partial charge in [0, 0.05) is 42.4 Å². The van der Waals surface area contributed by atoms with Crippen LogP contribution in [0.5, 0.6) is 5.75 Å². The van der Waals surface area contributed by atoms with Gasteiger partial charge in [-0.1, -0.05) is 12.1 Å². The van der Waals surface area contributed by atoms with Crippen LogP contribution in [-0.2, 0) is 19.5 Å². The third kappa shape index (κ3) is 4.14. The minimum atomic E-state index is -0.303. The number of fused-ring (bicyclic) bond motifs is 2. The molecule has 1 aliphatic rings. The number of hydrogen-bond acceptors (Lipinski definition) is 6. The number of aromatic nitrogens is 3. The van der Waals surface area contributed by atoms with E-state index in [2.05, 4.69) is 26.2 Å². The molecule has 0 aliphatic carbocycles. The van der Waals surface area contributed by atoms with E-state index in [1.165, 1.54) is 6.07 Å². The lowest BCUT2D eigenvalue weighted by Gasteiger charge is -2.14. The SMILES string of the molecule is [C-]#[N+]c1cc(-c2cnc(NCc3c(F)ccc4c3CCO4)n3cc(C#N)nc23)ccc1CN(C)C. The molecule has 0 spiro atoms. The molecule has 174 valence electrons. The summed E-state index contributed by atoms with van der Waals surface area (Å²) in [6, 6.07) is 10.8. The highest BCUT2D eigenvalue weighted by Crippen LogP contribution is 2.33. The van der Waals surface area contributed by atoms with E-state index >= 15 is 0 Å². The van der Waals surface area contributed by atoms with Gasteiger partial charge in [-0.2, -0.15) is 5.26 Å². The summed E-state index contributed by atoms with van der Waals surface area (Å²) in [5.41, 5.74) is 5.11. The van der Waals surface area contributed by atoms with E-state index in [1.54, 1.807) is 22.9 Å². The number of nitriles is 1. The molecule has 2 aromatic heterocycles. The van der Waals surface area contributed by atoms with E-state index in [4.69, 9.17) is 11.3 Å². The van der Waals surface area contributed by atoms with Gasteiger partial charge in [-0.25, -0.2) is 19.2 Å². The topological polar surface area (TPSA) is 82.8 Å². The zero-order valence-corrected chi connectivity index (χ0v) is 19.3. The molecule has 8 nitrogen and oxygen atoms in total. The van der Waals surface area contributed by atoms with Crippen molar-refractivity contribution in [3.05, 3.63) is 82.3 Å². The van der Waals surface area contributed by atoms with Crippen molar-refractivity contribution in [3.63, 3.8) is 0 Å². The van der Waals surface area contributed by atoms with Crippen molar-refractivity contribution in [3.8, 4) is 22.9 Å². The molecule has 0 unspecified atom stereocenters. The molecule has 0 amide bonds. The first-order valence-electron chi connectivity index (χ1n) is 11.1. The molecule has 0 atom stereocenters. The average molecular weight is 468 g/mol. The number of rotatable bonds is 6. The quantitative estimate of drug-likeness (QED) is 0.419. The van der Waals surface area contributed by atoms with E-state index in [9.17, 15) is 9.65 Å². The van der Waals surface area contributed by atoms with Crippen LogP contribution in [0.2, 0.25) is 0 Å². The monoisotopic (exact) mass is 467 g/mol. The number of nitrogens with zero attached hydrogens (tertiary/aromatic N) is 6. The van der Waals surface area contributed by atoms with Gasteiger partial charge in [-0.15, -0.1) is 0 Å². The summed E-state index contributed by atoms with van der Waals surface area (Å²) >= 11 is 0. The zero-order chi connectivity index (χ0) is 24.5. The molecule has 0 radical (unpaired) electrons. The molecule has 35 heavy (non-hydrogen) atoms. The summed E-state index contributed by atoms with van der Waals surface area (Å²) in [4.78, 5) is 14.7. The maximum atomic E-state index is 14.6. The predicted molar refractivity (Wildman–Crippen MR) is 130 cm³/mol. The number of benzene rings is 2. The molecule has 0 fully saturated rings. The summed E-state index contributed by atoms with van der Waals surface area (Å²) < 4.78 is 21.8. The Morgan fingerprint density at radius 3 is 2.94 bits per heavy atom. The van der Waals surface area contributed by atoms with Gasteiger partial charge in [0.1, 0.15) is 17.6 Å².